The van der Waals surface area contributed by atoms with E-state index < -0.39 is 29.1 Å². The molecule has 0 unspecified atom stereocenters. The zero-order valence-corrected chi connectivity index (χ0v) is 17.1. The average Bonchev–Trinajstić information content (AvgIpc) is 2.62. The van der Waals surface area contributed by atoms with E-state index in [1.54, 1.807) is 12.1 Å². The van der Waals surface area contributed by atoms with Gasteiger partial charge in [-0.05, 0) is 47.7 Å². The van der Waals surface area contributed by atoms with E-state index in [4.69, 9.17) is 4.43 Å². The van der Waals surface area contributed by atoms with Gasteiger partial charge in [0.15, 0.2) is 0 Å². The molecule has 148 valence electrons. The van der Waals surface area contributed by atoms with Crippen molar-refractivity contribution in [2.75, 3.05) is 0 Å². The zero-order chi connectivity index (χ0) is 20.5. The molecule has 0 aromatic heterocycles. The molecule has 0 aliphatic heterocycles. The topological polar surface area (TPSA) is 9.23 Å². The third kappa shape index (κ3) is 4.55. The summed E-state index contributed by atoms with van der Waals surface area (Å²) in [6.07, 6.45) is -8.30. The van der Waals surface area contributed by atoms with Crippen LogP contribution < -0.4 is 0 Å². The van der Waals surface area contributed by atoms with Gasteiger partial charge in [-0.2, -0.15) is 26.3 Å². The predicted molar refractivity (Wildman–Crippen MR) is 95.2 cm³/mol. The highest BCUT2D eigenvalue weighted by Crippen LogP contribution is 2.39. The average molecular weight is 406 g/mol. The summed E-state index contributed by atoms with van der Waals surface area (Å²) >= 11 is 0. The molecule has 0 saturated heterocycles. The Labute approximate surface area is 156 Å². The molecule has 0 bridgehead atoms. The molecule has 27 heavy (non-hydrogen) atoms. The van der Waals surface area contributed by atoms with Crippen molar-refractivity contribution in [2.45, 2.75) is 44.6 Å². The molecule has 0 aliphatic carbocycles. The van der Waals surface area contributed by atoms with Crippen molar-refractivity contribution in [3.63, 3.8) is 0 Å². The van der Waals surface area contributed by atoms with Gasteiger partial charge in [-0.3, -0.25) is 0 Å². The molecule has 0 amide bonds. The van der Waals surface area contributed by atoms with Crippen molar-refractivity contribution in [3.05, 3.63) is 59.2 Å². The lowest BCUT2D eigenvalue weighted by molar-refractivity contribution is -0.143. The summed E-state index contributed by atoms with van der Waals surface area (Å²) in [5.41, 5.74) is -2.12. The second-order valence-electron chi connectivity index (χ2n) is 6.28. The molecule has 0 heterocycles. The summed E-state index contributed by atoms with van der Waals surface area (Å²) in [5, 5.41) is 0. The van der Waals surface area contributed by atoms with E-state index in [1.807, 2.05) is 13.8 Å². The lowest BCUT2D eigenvalue weighted by atomic mass is 9.87. The van der Waals surface area contributed by atoms with Crippen LogP contribution in [0.4, 0.5) is 26.3 Å². The number of benzene rings is 2. The smallest absolute Gasteiger partial charge is 0.416 e. The largest absolute Gasteiger partial charge is 0.418 e. The summed E-state index contributed by atoms with van der Waals surface area (Å²) in [5.74, 6) is 0. The van der Waals surface area contributed by atoms with Gasteiger partial charge in [-0.15, -0.1) is 0 Å². The van der Waals surface area contributed by atoms with Crippen molar-refractivity contribution in [3.8, 4) is 11.1 Å². The lowest BCUT2D eigenvalue weighted by Gasteiger charge is -2.31. The fourth-order valence-corrected chi connectivity index (χ4v) is 3.97. The van der Waals surface area contributed by atoms with Crippen LogP contribution in [-0.2, 0) is 22.4 Å². The fourth-order valence-electron chi connectivity index (χ4n) is 3.15. The Kier molecular flexibility index (Phi) is 6.11. The van der Waals surface area contributed by atoms with Crippen molar-refractivity contribution < 1.29 is 30.8 Å². The SMILES string of the molecule is CCC(CC)(O[SiH3])c1ccc(-c2cc(C(F)(F)F)cc(C(F)(F)F)c2)cc1. The van der Waals surface area contributed by atoms with E-state index >= 15 is 0 Å². The normalized spacial score (nSPS) is 13.2. The minimum absolute atomic E-state index is 0.130. The highest BCUT2D eigenvalue weighted by atomic mass is 28.2. The van der Waals surface area contributed by atoms with Crippen LogP contribution in [0, 0.1) is 0 Å². The summed E-state index contributed by atoms with van der Waals surface area (Å²) in [4.78, 5) is 0. The molecule has 1 nitrogen and oxygen atoms in total. The van der Waals surface area contributed by atoms with E-state index in [0.29, 0.717) is 23.3 Å². The summed E-state index contributed by atoms with van der Waals surface area (Å²) in [6, 6.07) is 8.08. The van der Waals surface area contributed by atoms with Crippen LogP contribution >= 0.6 is 0 Å². The Morgan fingerprint density at radius 1 is 0.704 bits per heavy atom. The van der Waals surface area contributed by atoms with Crippen LogP contribution in [0.5, 0.6) is 0 Å². The van der Waals surface area contributed by atoms with Crippen LogP contribution in [0.2, 0.25) is 0 Å². The first-order chi connectivity index (χ1) is 12.5. The maximum atomic E-state index is 13.0. The molecule has 2 aromatic carbocycles. The molecule has 2 aromatic rings. The highest BCUT2D eigenvalue weighted by Gasteiger charge is 2.37. The molecule has 2 rings (SSSR count). The fraction of sp³-hybridized carbons (Fsp3) is 0.368. The van der Waals surface area contributed by atoms with Crippen molar-refractivity contribution >= 4 is 10.5 Å². The van der Waals surface area contributed by atoms with Gasteiger partial charge in [0.05, 0.1) is 16.7 Å². The molecule has 0 spiro atoms. The molecule has 8 heteroatoms. The third-order valence-electron chi connectivity index (χ3n) is 4.86. The Morgan fingerprint density at radius 3 is 1.48 bits per heavy atom. The molecule has 0 atom stereocenters. The zero-order valence-electron chi connectivity index (χ0n) is 15.1. The first kappa shape index (κ1) is 21.5. The minimum atomic E-state index is -4.86. The molecule has 0 N–H and O–H groups in total. The van der Waals surface area contributed by atoms with Gasteiger partial charge in [0, 0.05) is 0 Å². The number of halogens is 6. The third-order valence-corrected chi connectivity index (χ3v) is 5.65. The summed E-state index contributed by atoms with van der Waals surface area (Å²) in [7, 11) is 0.511. The van der Waals surface area contributed by atoms with Gasteiger partial charge < -0.3 is 4.43 Å². The van der Waals surface area contributed by atoms with Crippen molar-refractivity contribution in [1.82, 2.24) is 0 Å². The van der Waals surface area contributed by atoms with Crippen molar-refractivity contribution in [1.29, 1.82) is 0 Å². The van der Waals surface area contributed by atoms with Crippen molar-refractivity contribution in [2.24, 2.45) is 0 Å². The molecule has 0 radical (unpaired) electrons. The Balaban J connectivity index is 2.55. The number of hydrogen-bond acceptors (Lipinski definition) is 1. The first-order valence-corrected chi connectivity index (χ1v) is 9.24. The maximum Gasteiger partial charge on any atom is 0.416 e. The second kappa shape index (κ2) is 7.67. The Bertz CT molecular complexity index is 736. The summed E-state index contributed by atoms with van der Waals surface area (Å²) < 4.78 is 83.9. The van der Waals surface area contributed by atoms with Crippen LogP contribution in [0.15, 0.2) is 42.5 Å². The second-order valence-corrected chi connectivity index (χ2v) is 6.69. The first-order valence-electron chi connectivity index (χ1n) is 8.42. The van der Waals surface area contributed by atoms with Gasteiger partial charge in [-0.1, -0.05) is 38.1 Å². The monoisotopic (exact) mass is 406 g/mol. The molecule has 0 aliphatic rings. The number of hydrogen-bond donors (Lipinski definition) is 0. The number of alkyl halides is 6. The molecule has 0 fully saturated rings. The van der Waals surface area contributed by atoms with Gasteiger partial charge >= 0.3 is 12.4 Å². The van der Waals surface area contributed by atoms with Crippen LogP contribution in [0.3, 0.4) is 0 Å². The molecule has 0 saturated carbocycles. The van der Waals surface area contributed by atoms with E-state index in [1.165, 1.54) is 12.1 Å². The van der Waals surface area contributed by atoms with Gasteiger partial charge in [0.1, 0.15) is 10.5 Å². The van der Waals surface area contributed by atoms with Gasteiger partial charge in [-0.25, -0.2) is 0 Å². The lowest BCUT2D eigenvalue weighted by Crippen LogP contribution is -2.27. The molecular weight excluding hydrogens is 386 g/mol. The van der Waals surface area contributed by atoms with Crippen LogP contribution in [-0.4, -0.2) is 10.5 Å². The van der Waals surface area contributed by atoms with Gasteiger partial charge in [0.25, 0.3) is 0 Å². The van der Waals surface area contributed by atoms with Gasteiger partial charge in [0.2, 0.25) is 0 Å². The van der Waals surface area contributed by atoms with E-state index in [9.17, 15) is 26.3 Å². The Morgan fingerprint density at radius 2 is 1.15 bits per heavy atom. The molecular formula is C19H20F6OSi. The Hall–Kier alpha value is -1.80. The number of rotatable bonds is 5. The van der Waals surface area contributed by atoms with Crippen LogP contribution in [0.25, 0.3) is 11.1 Å². The predicted octanol–water partition coefficient (Wildman–Crippen LogP) is 5.70. The van der Waals surface area contributed by atoms with Crippen LogP contribution in [0.1, 0.15) is 43.4 Å². The van der Waals surface area contributed by atoms with E-state index in [-0.39, 0.29) is 17.2 Å². The maximum absolute atomic E-state index is 13.0. The quantitative estimate of drug-likeness (QED) is 0.457. The standard InChI is InChI=1S/C19H20F6OSi/c1-3-17(4-2,26-27)14-7-5-12(6-8-14)13-9-15(18(20,21)22)11-16(10-13)19(23,24)25/h5-11H,3-4H2,1-2,27H3. The van der Waals surface area contributed by atoms with E-state index in [0.717, 1.165) is 17.7 Å². The minimum Gasteiger partial charge on any atom is -0.418 e. The highest BCUT2D eigenvalue weighted by molar-refractivity contribution is 5.98. The van der Waals surface area contributed by atoms with E-state index in [2.05, 4.69) is 0 Å². The summed E-state index contributed by atoms with van der Waals surface area (Å²) in [6.45, 7) is 3.94.